The first-order valence-electron chi connectivity index (χ1n) is 5.18. The zero-order valence-corrected chi connectivity index (χ0v) is 11.1. The summed E-state index contributed by atoms with van der Waals surface area (Å²) >= 11 is 2.70. The highest BCUT2D eigenvalue weighted by molar-refractivity contribution is 7.98. The molecule has 0 saturated carbocycles. The third-order valence-electron chi connectivity index (χ3n) is 2.39. The largest absolute Gasteiger partial charge is 0.391 e. The number of thiazole rings is 1. The molecular formula is C12H13NO2S2. The van der Waals surface area contributed by atoms with E-state index < -0.39 is 0 Å². The van der Waals surface area contributed by atoms with Crippen LogP contribution in [0.1, 0.15) is 10.4 Å². The van der Waals surface area contributed by atoms with Crippen molar-refractivity contribution in [3.63, 3.8) is 0 Å². The number of rotatable bonds is 4. The molecule has 90 valence electrons. The monoisotopic (exact) mass is 267 g/mol. The van der Waals surface area contributed by atoms with Gasteiger partial charge in [-0.05, 0) is 5.56 Å². The molecule has 0 amide bonds. The van der Waals surface area contributed by atoms with Crippen LogP contribution in [0.5, 0.6) is 0 Å². The van der Waals surface area contributed by atoms with Gasteiger partial charge in [0.2, 0.25) is 0 Å². The number of thioether (sulfide) groups is 1. The van der Waals surface area contributed by atoms with E-state index in [0.29, 0.717) is 0 Å². The minimum atomic E-state index is -0.0716. The molecule has 0 spiro atoms. The Morgan fingerprint density at radius 3 is 2.71 bits per heavy atom. The van der Waals surface area contributed by atoms with Gasteiger partial charge in [0.15, 0.2) is 0 Å². The van der Waals surface area contributed by atoms with Crippen LogP contribution in [0.25, 0.3) is 0 Å². The van der Waals surface area contributed by atoms with E-state index in [-0.39, 0.29) is 11.5 Å². The van der Waals surface area contributed by atoms with E-state index in [1.807, 2.05) is 18.2 Å². The molecule has 0 unspecified atom stereocenters. The second-order valence-electron chi connectivity index (χ2n) is 3.59. The predicted molar refractivity (Wildman–Crippen MR) is 71.5 cm³/mol. The molecule has 5 heteroatoms. The molecule has 0 aliphatic rings. The molecule has 0 fully saturated rings. The summed E-state index contributed by atoms with van der Waals surface area (Å²) in [7, 11) is 1.74. The van der Waals surface area contributed by atoms with Crippen LogP contribution in [0, 0.1) is 0 Å². The number of aromatic nitrogens is 1. The van der Waals surface area contributed by atoms with Crippen molar-refractivity contribution in [2.24, 2.45) is 7.05 Å². The average Bonchev–Trinajstić information content (AvgIpc) is 2.64. The molecule has 1 aromatic heterocycles. The van der Waals surface area contributed by atoms with Gasteiger partial charge in [-0.25, -0.2) is 0 Å². The van der Waals surface area contributed by atoms with Crippen LogP contribution in [0.4, 0.5) is 0 Å². The maximum atomic E-state index is 11.5. The maximum Gasteiger partial charge on any atom is 0.308 e. The van der Waals surface area contributed by atoms with Crippen LogP contribution in [-0.4, -0.2) is 9.67 Å². The van der Waals surface area contributed by atoms with E-state index in [0.717, 1.165) is 27.0 Å². The fourth-order valence-corrected chi connectivity index (χ4v) is 3.58. The Morgan fingerprint density at radius 1 is 1.35 bits per heavy atom. The minimum absolute atomic E-state index is 0.0235. The van der Waals surface area contributed by atoms with Crippen molar-refractivity contribution in [2.45, 2.75) is 17.4 Å². The predicted octanol–water partition coefficient (Wildman–Crippen LogP) is 2.23. The van der Waals surface area contributed by atoms with Crippen molar-refractivity contribution >= 4 is 23.1 Å². The van der Waals surface area contributed by atoms with Crippen LogP contribution < -0.4 is 4.87 Å². The zero-order chi connectivity index (χ0) is 12.3. The number of aliphatic hydroxyl groups is 1. The Bertz CT molecular complexity index is 545. The van der Waals surface area contributed by atoms with E-state index >= 15 is 0 Å². The standard InChI is InChI=1S/C12H13NO2S2/c1-13-11(10(7-14)17-12(13)15)16-8-9-5-3-2-4-6-9/h2-6,14H,7-8H2,1H3. The number of aliphatic hydroxyl groups excluding tert-OH is 1. The van der Waals surface area contributed by atoms with Gasteiger partial charge in [-0.15, -0.1) is 11.8 Å². The van der Waals surface area contributed by atoms with Gasteiger partial charge in [0, 0.05) is 12.8 Å². The van der Waals surface area contributed by atoms with Gasteiger partial charge in [-0.1, -0.05) is 41.7 Å². The van der Waals surface area contributed by atoms with Crippen molar-refractivity contribution in [1.29, 1.82) is 0 Å². The Hall–Kier alpha value is -1.04. The third kappa shape index (κ3) is 2.80. The second-order valence-corrected chi connectivity index (χ2v) is 5.60. The average molecular weight is 267 g/mol. The summed E-state index contributed by atoms with van der Waals surface area (Å²) in [5.41, 5.74) is 1.21. The second kappa shape index (κ2) is 5.53. The van der Waals surface area contributed by atoms with Gasteiger partial charge < -0.3 is 5.11 Å². The number of nitrogens with zero attached hydrogens (tertiary/aromatic N) is 1. The molecular weight excluding hydrogens is 254 g/mol. The fraction of sp³-hybridized carbons (Fsp3) is 0.250. The lowest BCUT2D eigenvalue weighted by molar-refractivity contribution is 0.281. The van der Waals surface area contributed by atoms with E-state index in [1.54, 1.807) is 23.4 Å². The van der Waals surface area contributed by atoms with Crippen molar-refractivity contribution < 1.29 is 5.11 Å². The highest BCUT2D eigenvalue weighted by Gasteiger charge is 2.11. The van der Waals surface area contributed by atoms with E-state index in [2.05, 4.69) is 12.1 Å². The first kappa shape index (κ1) is 12.4. The topological polar surface area (TPSA) is 42.2 Å². The van der Waals surface area contributed by atoms with E-state index in [4.69, 9.17) is 0 Å². The van der Waals surface area contributed by atoms with Crippen molar-refractivity contribution in [2.75, 3.05) is 0 Å². The summed E-state index contributed by atoms with van der Waals surface area (Å²) in [6, 6.07) is 10.1. The summed E-state index contributed by atoms with van der Waals surface area (Å²) in [5.74, 6) is 0.803. The molecule has 0 radical (unpaired) electrons. The molecule has 0 bridgehead atoms. The molecule has 0 aliphatic heterocycles. The summed E-state index contributed by atoms with van der Waals surface area (Å²) in [5, 5.41) is 10.1. The van der Waals surface area contributed by atoms with Crippen LogP contribution in [0.15, 0.2) is 40.2 Å². The van der Waals surface area contributed by atoms with Gasteiger partial charge in [-0.3, -0.25) is 9.36 Å². The summed E-state index contributed by atoms with van der Waals surface area (Å²) in [4.78, 5) is 12.2. The molecule has 0 aliphatic carbocycles. The first-order valence-corrected chi connectivity index (χ1v) is 6.99. The molecule has 2 aromatic rings. The van der Waals surface area contributed by atoms with Gasteiger partial charge in [0.05, 0.1) is 16.5 Å². The van der Waals surface area contributed by atoms with Crippen molar-refractivity contribution in [3.8, 4) is 0 Å². The number of benzene rings is 1. The van der Waals surface area contributed by atoms with E-state index in [9.17, 15) is 9.90 Å². The van der Waals surface area contributed by atoms with Crippen LogP contribution in [-0.2, 0) is 19.4 Å². The van der Waals surface area contributed by atoms with Gasteiger partial charge >= 0.3 is 4.87 Å². The third-order valence-corrected chi connectivity index (χ3v) is 4.81. The van der Waals surface area contributed by atoms with Crippen LogP contribution >= 0.6 is 23.1 Å². The lowest BCUT2D eigenvalue weighted by atomic mass is 10.2. The molecule has 3 nitrogen and oxygen atoms in total. The van der Waals surface area contributed by atoms with Crippen molar-refractivity contribution in [3.05, 3.63) is 50.4 Å². The van der Waals surface area contributed by atoms with Gasteiger partial charge in [-0.2, -0.15) is 0 Å². The molecule has 0 saturated heterocycles. The Kier molecular flexibility index (Phi) is 4.04. The molecule has 2 rings (SSSR count). The highest BCUT2D eigenvalue weighted by atomic mass is 32.2. The Morgan fingerprint density at radius 2 is 2.06 bits per heavy atom. The van der Waals surface area contributed by atoms with Gasteiger partial charge in [0.25, 0.3) is 0 Å². The number of hydrogen-bond acceptors (Lipinski definition) is 4. The SMILES string of the molecule is Cn1c(SCc2ccccc2)c(CO)sc1=O. The Labute approximate surface area is 108 Å². The van der Waals surface area contributed by atoms with Gasteiger partial charge in [0.1, 0.15) is 0 Å². The quantitative estimate of drug-likeness (QED) is 0.864. The minimum Gasteiger partial charge on any atom is -0.391 e. The summed E-state index contributed by atoms with van der Waals surface area (Å²) in [6.45, 7) is -0.0716. The lowest BCUT2D eigenvalue weighted by Gasteiger charge is -2.04. The fourth-order valence-electron chi connectivity index (χ4n) is 1.49. The van der Waals surface area contributed by atoms with E-state index in [1.165, 1.54) is 5.56 Å². The molecule has 1 aromatic carbocycles. The zero-order valence-electron chi connectivity index (χ0n) is 9.42. The molecule has 0 atom stereocenters. The summed E-state index contributed by atoms with van der Waals surface area (Å²) < 4.78 is 1.60. The molecule has 17 heavy (non-hydrogen) atoms. The lowest BCUT2D eigenvalue weighted by Crippen LogP contribution is -2.08. The number of hydrogen-bond donors (Lipinski definition) is 1. The maximum absolute atomic E-state index is 11.5. The van der Waals surface area contributed by atoms with Crippen LogP contribution in [0.3, 0.4) is 0 Å². The first-order chi connectivity index (χ1) is 8.22. The Balaban J connectivity index is 2.17. The van der Waals surface area contributed by atoms with Crippen molar-refractivity contribution in [1.82, 2.24) is 4.57 Å². The normalized spacial score (nSPS) is 10.7. The molecule has 1 N–H and O–H groups in total. The van der Waals surface area contributed by atoms with Crippen LogP contribution in [0.2, 0.25) is 0 Å². The highest BCUT2D eigenvalue weighted by Crippen LogP contribution is 2.27. The smallest absolute Gasteiger partial charge is 0.308 e. The summed E-state index contributed by atoms with van der Waals surface area (Å²) in [6.07, 6.45) is 0. The molecule has 1 heterocycles.